The molecule has 2 aromatic carbocycles. The van der Waals surface area contributed by atoms with E-state index in [2.05, 4.69) is 4.90 Å². The number of primary amides is 1. The highest BCUT2D eigenvalue weighted by Gasteiger charge is 2.25. The van der Waals surface area contributed by atoms with Gasteiger partial charge < -0.3 is 5.73 Å². The van der Waals surface area contributed by atoms with E-state index in [1.54, 1.807) is 18.2 Å². The van der Waals surface area contributed by atoms with Crippen LogP contribution in [0.25, 0.3) is 0 Å². The highest BCUT2D eigenvalue weighted by Crippen LogP contribution is 2.29. The Hall–Kier alpha value is -2.80. The van der Waals surface area contributed by atoms with Gasteiger partial charge in [0.2, 0.25) is 5.91 Å². The van der Waals surface area contributed by atoms with Gasteiger partial charge in [-0.15, -0.1) is 0 Å². The summed E-state index contributed by atoms with van der Waals surface area (Å²) in [5, 5.41) is 11.5. The van der Waals surface area contributed by atoms with Gasteiger partial charge in [0.15, 0.2) is 0 Å². The number of nitrogens with zero attached hydrogens (tertiary/aromatic N) is 2. The fraction of sp³-hybridized carbons (Fsp3) is 0.381. The number of benzene rings is 2. The summed E-state index contributed by atoms with van der Waals surface area (Å²) in [4.78, 5) is 24.7. The van der Waals surface area contributed by atoms with Crippen molar-refractivity contribution >= 4 is 11.6 Å². The number of hydrogen-bond donors (Lipinski definition) is 1. The minimum atomic E-state index is -0.690. The number of amides is 1. The predicted molar refractivity (Wildman–Crippen MR) is 104 cm³/mol. The molecular formula is C21H24FN3O3. The molecule has 28 heavy (non-hydrogen) atoms. The quantitative estimate of drug-likeness (QED) is 0.572. The maximum atomic E-state index is 13.2. The van der Waals surface area contributed by atoms with E-state index in [9.17, 15) is 19.3 Å². The molecule has 0 bridgehead atoms. The lowest BCUT2D eigenvalue weighted by atomic mass is 9.93. The number of nitro benzene ring substituents is 1. The Kier molecular flexibility index (Phi) is 6.36. The van der Waals surface area contributed by atoms with Crippen LogP contribution >= 0.6 is 0 Å². The lowest BCUT2D eigenvalue weighted by molar-refractivity contribution is -0.385. The molecule has 0 aliphatic heterocycles. The van der Waals surface area contributed by atoms with E-state index < -0.39 is 10.8 Å². The van der Waals surface area contributed by atoms with E-state index in [1.807, 2.05) is 0 Å². The molecule has 3 rings (SSSR count). The third-order valence-electron chi connectivity index (χ3n) is 5.33. The SMILES string of the molecule is NC(=O)c1ccc(CN(Cc2ccc(F)cc2)C2CCCCC2)c([N+](=O)[O-])c1. The average Bonchev–Trinajstić information content (AvgIpc) is 2.69. The van der Waals surface area contributed by atoms with Crippen molar-refractivity contribution in [2.24, 2.45) is 5.73 Å². The maximum Gasteiger partial charge on any atom is 0.274 e. The summed E-state index contributed by atoms with van der Waals surface area (Å²) in [5.74, 6) is -0.976. The molecule has 1 aliphatic rings. The van der Waals surface area contributed by atoms with Crippen LogP contribution in [0.1, 0.15) is 53.6 Å². The van der Waals surface area contributed by atoms with Gasteiger partial charge in [-0.25, -0.2) is 4.39 Å². The van der Waals surface area contributed by atoms with Crippen LogP contribution in [0.3, 0.4) is 0 Å². The largest absolute Gasteiger partial charge is 0.366 e. The Bertz CT molecular complexity index is 848. The second kappa shape index (κ2) is 8.93. The Morgan fingerprint density at radius 3 is 2.39 bits per heavy atom. The van der Waals surface area contributed by atoms with Crippen molar-refractivity contribution in [3.05, 3.63) is 75.1 Å². The smallest absolute Gasteiger partial charge is 0.274 e. The molecule has 2 N–H and O–H groups in total. The van der Waals surface area contributed by atoms with Crippen molar-refractivity contribution in [1.82, 2.24) is 4.90 Å². The number of carbonyl (C=O) groups excluding carboxylic acids is 1. The molecule has 2 aromatic rings. The van der Waals surface area contributed by atoms with Crippen molar-refractivity contribution in [2.45, 2.75) is 51.2 Å². The zero-order valence-electron chi connectivity index (χ0n) is 15.6. The standard InChI is InChI=1S/C21H24FN3O3/c22-18-10-6-15(7-11-18)13-24(19-4-2-1-3-5-19)14-17-9-8-16(21(23)26)12-20(17)25(27)28/h6-12,19H,1-5,13-14H2,(H2,23,26). The summed E-state index contributed by atoms with van der Waals surface area (Å²) >= 11 is 0. The lowest BCUT2D eigenvalue weighted by Gasteiger charge is -2.34. The van der Waals surface area contributed by atoms with Crippen LogP contribution in [0.15, 0.2) is 42.5 Å². The molecule has 1 aliphatic carbocycles. The Morgan fingerprint density at radius 1 is 1.11 bits per heavy atom. The van der Waals surface area contributed by atoms with Crippen LogP contribution in [0.4, 0.5) is 10.1 Å². The number of halogens is 1. The molecule has 1 fully saturated rings. The first-order valence-electron chi connectivity index (χ1n) is 9.49. The van der Waals surface area contributed by atoms with Gasteiger partial charge in [0.25, 0.3) is 5.69 Å². The van der Waals surface area contributed by atoms with Crippen LogP contribution in [-0.4, -0.2) is 21.8 Å². The highest BCUT2D eigenvalue weighted by atomic mass is 19.1. The summed E-state index contributed by atoms with van der Waals surface area (Å²) in [6.07, 6.45) is 5.54. The van der Waals surface area contributed by atoms with Gasteiger partial charge in [0.05, 0.1) is 4.92 Å². The highest BCUT2D eigenvalue weighted by molar-refractivity contribution is 5.93. The normalized spacial score (nSPS) is 14.9. The van der Waals surface area contributed by atoms with E-state index in [4.69, 9.17) is 5.73 Å². The summed E-state index contributed by atoms with van der Waals surface area (Å²) in [6.45, 7) is 0.969. The minimum absolute atomic E-state index is 0.101. The van der Waals surface area contributed by atoms with E-state index in [1.165, 1.54) is 30.7 Å². The molecular weight excluding hydrogens is 361 g/mol. The first-order chi connectivity index (χ1) is 13.4. The number of hydrogen-bond acceptors (Lipinski definition) is 4. The molecule has 0 heterocycles. The Balaban J connectivity index is 1.88. The zero-order valence-corrected chi connectivity index (χ0v) is 15.6. The molecule has 6 nitrogen and oxygen atoms in total. The van der Waals surface area contributed by atoms with Gasteiger partial charge >= 0.3 is 0 Å². The molecule has 1 amide bonds. The Morgan fingerprint density at radius 2 is 1.79 bits per heavy atom. The van der Waals surface area contributed by atoms with Crippen molar-refractivity contribution in [1.29, 1.82) is 0 Å². The van der Waals surface area contributed by atoms with Crippen molar-refractivity contribution in [3.63, 3.8) is 0 Å². The molecule has 1 saturated carbocycles. The lowest BCUT2D eigenvalue weighted by Crippen LogP contribution is -2.36. The average molecular weight is 385 g/mol. The number of carbonyl (C=O) groups is 1. The second-order valence-electron chi connectivity index (χ2n) is 7.29. The van der Waals surface area contributed by atoms with Crippen LogP contribution in [0.5, 0.6) is 0 Å². The molecule has 0 saturated heterocycles. The van der Waals surface area contributed by atoms with Gasteiger partial charge in [-0.05, 0) is 36.6 Å². The van der Waals surface area contributed by atoms with Crippen molar-refractivity contribution in [3.8, 4) is 0 Å². The number of rotatable bonds is 7. The molecule has 7 heteroatoms. The van der Waals surface area contributed by atoms with E-state index in [0.717, 1.165) is 31.2 Å². The zero-order chi connectivity index (χ0) is 20.1. The van der Waals surface area contributed by atoms with Gasteiger partial charge in [0.1, 0.15) is 5.82 Å². The molecule has 0 unspecified atom stereocenters. The van der Waals surface area contributed by atoms with Gasteiger partial charge in [-0.2, -0.15) is 0 Å². The fourth-order valence-electron chi connectivity index (χ4n) is 3.82. The van der Waals surface area contributed by atoms with E-state index in [0.29, 0.717) is 24.7 Å². The maximum absolute atomic E-state index is 13.2. The number of nitro groups is 1. The van der Waals surface area contributed by atoms with Gasteiger partial charge in [-0.1, -0.05) is 37.5 Å². The summed E-state index contributed by atoms with van der Waals surface area (Å²) in [7, 11) is 0. The third-order valence-corrected chi connectivity index (χ3v) is 5.33. The first kappa shape index (κ1) is 19.9. The Labute approximate surface area is 163 Å². The van der Waals surface area contributed by atoms with E-state index >= 15 is 0 Å². The summed E-state index contributed by atoms with van der Waals surface area (Å²) in [6, 6.07) is 11.0. The van der Waals surface area contributed by atoms with Gasteiger partial charge in [-0.3, -0.25) is 19.8 Å². The van der Waals surface area contributed by atoms with Crippen molar-refractivity contribution in [2.75, 3.05) is 0 Å². The summed E-state index contributed by atoms with van der Waals surface area (Å²) < 4.78 is 13.2. The molecule has 0 spiro atoms. The van der Waals surface area contributed by atoms with E-state index in [-0.39, 0.29) is 17.1 Å². The van der Waals surface area contributed by atoms with Crippen LogP contribution in [0, 0.1) is 15.9 Å². The fourth-order valence-corrected chi connectivity index (χ4v) is 3.82. The van der Waals surface area contributed by atoms with Crippen molar-refractivity contribution < 1.29 is 14.1 Å². The van der Waals surface area contributed by atoms with Crippen LogP contribution < -0.4 is 5.73 Å². The molecule has 0 atom stereocenters. The monoisotopic (exact) mass is 385 g/mol. The number of nitrogens with two attached hydrogens (primary N) is 1. The predicted octanol–water partition coefficient (Wildman–Crippen LogP) is 4.17. The first-order valence-corrected chi connectivity index (χ1v) is 9.49. The molecule has 148 valence electrons. The summed E-state index contributed by atoms with van der Waals surface area (Å²) in [5.41, 5.74) is 6.79. The third kappa shape index (κ3) is 4.92. The molecule has 0 radical (unpaired) electrons. The topological polar surface area (TPSA) is 89.5 Å². The van der Waals surface area contributed by atoms with Gasteiger partial charge in [0, 0.05) is 36.3 Å². The van der Waals surface area contributed by atoms with Crippen LogP contribution in [-0.2, 0) is 13.1 Å². The second-order valence-corrected chi connectivity index (χ2v) is 7.29. The van der Waals surface area contributed by atoms with Crippen LogP contribution in [0.2, 0.25) is 0 Å². The minimum Gasteiger partial charge on any atom is -0.366 e. The molecule has 0 aromatic heterocycles.